The smallest absolute Gasteiger partial charge is 0.0164 e. The Morgan fingerprint density at radius 3 is 2.53 bits per heavy atom. The van der Waals surface area contributed by atoms with Crippen LogP contribution in [0.5, 0.6) is 0 Å². The van der Waals surface area contributed by atoms with E-state index in [0.29, 0.717) is 0 Å². The van der Waals surface area contributed by atoms with Crippen molar-refractivity contribution in [3.63, 3.8) is 0 Å². The summed E-state index contributed by atoms with van der Waals surface area (Å²) in [4.78, 5) is 1.40. The van der Waals surface area contributed by atoms with Crippen LogP contribution < -0.4 is 0 Å². The number of allylic oxidation sites excluding steroid dienone is 3. The van der Waals surface area contributed by atoms with Gasteiger partial charge in [0, 0.05) is 10.6 Å². The zero-order valence-electron chi connectivity index (χ0n) is 10.8. The first-order valence-corrected chi connectivity index (χ1v) is 7.55. The topological polar surface area (TPSA) is 0 Å². The SMILES string of the molecule is C1=C\CSc2cc(-c3ccccc3)ccc2C\C=C/1. The van der Waals surface area contributed by atoms with E-state index in [1.807, 2.05) is 11.8 Å². The van der Waals surface area contributed by atoms with Gasteiger partial charge in [-0.25, -0.2) is 0 Å². The number of thioether (sulfide) groups is 1. The molecule has 0 unspecified atom stereocenters. The molecule has 2 aromatic carbocycles. The summed E-state index contributed by atoms with van der Waals surface area (Å²) in [7, 11) is 0. The molecular formula is C18H16S. The van der Waals surface area contributed by atoms with Gasteiger partial charge in [0.2, 0.25) is 0 Å². The third-order valence-corrected chi connectivity index (χ3v) is 4.28. The van der Waals surface area contributed by atoms with E-state index in [4.69, 9.17) is 0 Å². The lowest BCUT2D eigenvalue weighted by atomic mass is 10.0. The maximum Gasteiger partial charge on any atom is 0.0164 e. The first-order valence-electron chi connectivity index (χ1n) is 6.56. The van der Waals surface area contributed by atoms with Gasteiger partial charge < -0.3 is 0 Å². The zero-order chi connectivity index (χ0) is 12.9. The van der Waals surface area contributed by atoms with Crippen LogP contribution in [0.15, 0.2) is 77.7 Å². The van der Waals surface area contributed by atoms with Gasteiger partial charge in [0.1, 0.15) is 0 Å². The number of hydrogen-bond acceptors (Lipinski definition) is 1. The third-order valence-electron chi connectivity index (χ3n) is 3.23. The second kappa shape index (κ2) is 5.94. The summed E-state index contributed by atoms with van der Waals surface area (Å²) in [5.74, 6) is 1.04. The van der Waals surface area contributed by atoms with Crippen molar-refractivity contribution in [1.82, 2.24) is 0 Å². The zero-order valence-corrected chi connectivity index (χ0v) is 11.6. The predicted molar refractivity (Wildman–Crippen MR) is 84.6 cm³/mol. The van der Waals surface area contributed by atoms with E-state index in [9.17, 15) is 0 Å². The van der Waals surface area contributed by atoms with Gasteiger partial charge in [0.05, 0.1) is 0 Å². The number of rotatable bonds is 1. The molecule has 0 saturated carbocycles. The average molecular weight is 264 g/mol. The van der Waals surface area contributed by atoms with Gasteiger partial charge >= 0.3 is 0 Å². The summed E-state index contributed by atoms with van der Waals surface area (Å²) < 4.78 is 0. The van der Waals surface area contributed by atoms with Crippen molar-refractivity contribution in [1.29, 1.82) is 0 Å². The van der Waals surface area contributed by atoms with Crippen molar-refractivity contribution in [2.45, 2.75) is 11.3 Å². The molecule has 0 saturated heterocycles. The van der Waals surface area contributed by atoms with Gasteiger partial charge in [-0.15, -0.1) is 11.8 Å². The van der Waals surface area contributed by atoms with Crippen LogP contribution in [0.1, 0.15) is 5.56 Å². The van der Waals surface area contributed by atoms with Crippen molar-refractivity contribution in [2.75, 3.05) is 5.75 Å². The van der Waals surface area contributed by atoms with Crippen molar-refractivity contribution >= 4 is 11.8 Å². The van der Waals surface area contributed by atoms with E-state index in [1.54, 1.807) is 0 Å². The van der Waals surface area contributed by atoms with E-state index >= 15 is 0 Å². The van der Waals surface area contributed by atoms with Crippen LogP contribution in [0.2, 0.25) is 0 Å². The van der Waals surface area contributed by atoms with E-state index in [-0.39, 0.29) is 0 Å². The summed E-state index contributed by atoms with van der Waals surface area (Å²) >= 11 is 1.92. The number of hydrogen-bond donors (Lipinski definition) is 0. The van der Waals surface area contributed by atoms with Crippen LogP contribution in [0.3, 0.4) is 0 Å². The molecule has 1 heterocycles. The molecule has 1 heteroatoms. The Balaban J connectivity index is 1.99. The van der Waals surface area contributed by atoms with E-state index in [0.717, 1.165) is 12.2 Å². The molecule has 1 aliphatic rings. The summed E-state index contributed by atoms with van der Waals surface area (Å²) in [6.45, 7) is 0. The van der Waals surface area contributed by atoms with Crippen LogP contribution >= 0.6 is 11.8 Å². The second-order valence-corrected chi connectivity index (χ2v) is 5.62. The molecule has 0 radical (unpaired) electrons. The predicted octanol–water partition coefficient (Wildman–Crippen LogP) is 5.11. The average Bonchev–Trinajstić information content (AvgIpc) is 2.59. The molecule has 94 valence electrons. The molecular weight excluding hydrogens is 248 g/mol. The van der Waals surface area contributed by atoms with Crippen molar-refractivity contribution in [3.05, 3.63) is 78.4 Å². The standard InChI is InChI=1S/C18H16S/c1-2-7-13-19-18-14-17(12-11-16(18)10-4-1)15-8-5-3-6-9-15/h1-9,11-12,14H,10,13H2/b4-1-,7-2-. The Hall–Kier alpha value is -1.73. The Labute approximate surface area is 118 Å². The van der Waals surface area contributed by atoms with Crippen LogP contribution in [0, 0.1) is 0 Å². The minimum absolute atomic E-state index is 1.02. The normalized spacial score (nSPS) is 17.7. The molecule has 0 aromatic heterocycles. The second-order valence-electron chi connectivity index (χ2n) is 4.56. The fraction of sp³-hybridized carbons (Fsp3) is 0.111. The Bertz CT molecular complexity index is 609. The lowest BCUT2D eigenvalue weighted by molar-refractivity contribution is 1.18. The summed E-state index contributed by atoms with van der Waals surface area (Å²) in [6, 6.07) is 17.4. The lowest BCUT2D eigenvalue weighted by Gasteiger charge is -2.09. The molecule has 0 spiro atoms. The highest BCUT2D eigenvalue weighted by Gasteiger charge is 2.05. The molecule has 0 fully saturated rings. The molecule has 19 heavy (non-hydrogen) atoms. The maximum absolute atomic E-state index is 2.32. The van der Waals surface area contributed by atoms with Crippen molar-refractivity contribution in [2.24, 2.45) is 0 Å². The number of benzene rings is 2. The molecule has 2 aromatic rings. The van der Waals surface area contributed by atoms with Gasteiger partial charge in [-0.3, -0.25) is 0 Å². The Morgan fingerprint density at radius 1 is 0.789 bits per heavy atom. The van der Waals surface area contributed by atoms with E-state index in [2.05, 4.69) is 72.8 Å². The highest BCUT2D eigenvalue weighted by Crippen LogP contribution is 2.30. The Morgan fingerprint density at radius 2 is 1.63 bits per heavy atom. The fourth-order valence-electron chi connectivity index (χ4n) is 2.21. The quantitative estimate of drug-likeness (QED) is 0.689. The summed E-state index contributed by atoms with van der Waals surface area (Å²) in [6.07, 6.45) is 9.73. The molecule has 1 aliphatic heterocycles. The molecule has 0 atom stereocenters. The molecule has 0 nitrogen and oxygen atoms in total. The third kappa shape index (κ3) is 2.99. The highest BCUT2D eigenvalue weighted by molar-refractivity contribution is 7.99. The van der Waals surface area contributed by atoms with Crippen molar-refractivity contribution in [3.8, 4) is 11.1 Å². The molecule has 0 amide bonds. The van der Waals surface area contributed by atoms with Crippen molar-refractivity contribution < 1.29 is 0 Å². The van der Waals surface area contributed by atoms with Gasteiger partial charge in [-0.2, -0.15) is 0 Å². The van der Waals surface area contributed by atoms with Gasteiger partial charge in [-0.1, -0.05) is 66.8 Å². The minimum Gasteiger partial charge on any atom is -0.122 e. The minimum atomic E-state index is 1.02. The summed E-state index contributed by atoms with van der Waals surface area (Å²) in [5.41, 5.74) is 4.01. The molecule has 3 rings (SSSR count). The molecule has 0 aliphatic carbocycles. The van der Waals surface area contributed by atoms with E-state index in [1.165, 1.54) is 21.6 Å². The largest absolute Gasteiger partial charge is 0.122 e. The monoisotopic (exact) mass is 264 g/mol. The fourth-order valence-corrected chi connectivity index (χ4v) is 3.15. The van der Waals surface area contributed by atoms with Crippen LogP contribution in [-0.4, -0.2) is 5.75 Å². The molecule has 0 bridgehead atoms. The van der Waals surface area contributed by atoms with E-state index < -0.39 is 0 Å². The number of fused-ring (bicyclic) bond motifs is 1. The molecule has 0 N–H and O–H groups in total. The first-order chi connectivity index (χ1) is 9.43. The van der Waals surface area contributed by atoms with Crippen LogP contribution in [-0.2, 0) is 6.42 Å². The van der Waals surface area contributed by atoms with Crippen LogP contribution in [0.4, 0.5) is 0 Å². The van der Waals surface area contributed by atoms with Crippen LogP contribution in [0.25, 0.3) is 11.1 Å². The summed E-state index contributed by atoms with van der Waals surface area (Å²) in [5, 5.41) is 0. The Kier molecular flexibility index (Phi) is 3.85. The lowest BCUT2D eigenvalue weighted by Crippen LogP contribution is -1.88. The van der Waals surface area contributed by atoms with Gasteiger partial charge in [0.15, 0.2) is 0 Å². The van der Waals surface area contributed by atoms with Gasteiger partial charge in [0.25, 0.3) is 0 Å². The highest BCUT2D eigenvalue weighted by atomic mass is 32.2. The first kappa shape index (κ1) is 12.3. The van der Waals surface area contributed by atoms with Gasteiger partial charge in [-0.05, 0) is 29.2 Å². The maximum atomic E-state index is 2.32.